The summed E-state index contributed by atoms with van der Waals surface area (Å²) in [6.07, 6.45) is -4.15. The molecule has 0 saturated heterocycles. The van der Waals surface area contributed by atoms with E-state index in [4.69, 9.17) is 0 Å². The predicted molar refractivity (Wildman–Crippen MR) is 79.3 cm³/mol. The highest BCUT2D eigenvalue weighted by Gasteiger charge is 2.67. The lowest BCUT2D eigenvalue weighted by Crippen LogP contribution is -2.52. The van der Waals surface area contributed by atoms with Crippen molar-refractivity contribution < 1.29 is 37.2 Å². The van der Waals surface area contributed by atoms with Crippen LogP contribution in [0.1, 0.15) is 12.0 Å². The number of ether oxygens (including phenoxy) is 2. The van der Waals surface area contributed by atoms with Crippen molar-refractivity contribution in [3.8, 4) is 0 Å². The van der Waals surface area contributed by atoms with E-state index in [9.17, 15) is 32.9 Å². The molecule has 0 amide bonds. The van der Waals surface area contributed by atoms with E-state index in [1.165, 1.54) is 18.2 Å². The first-order valence-electron chi connectivity index (χ1n) is 6.74. The van der Waals surface area contributed by atoms with Gasteiger partial charge in [0, 0.05) is 18.6 Å². The first kappa shape index (κ1) is 20.1. The molecule has 1 aromatic rings. The largest absolute Gasteiger partial charge is 0.468 e. The van der Waals surface area contributed by atoms with Gasteiger partial charge in [0.25, 0.3) is 11.1 Å². The second-order valence-corrected chi connectivity index (χ2v) is 4.84. The number of carbonyl (C=O) groups is 2. The molecule has 0 radical (unpaired) electrons. The van der Waals surface area contributed by atoms with E-state index in [1.54, 1.807) is 0 Å². The van der Waals surface area contributed by atoms with Crippen molar-refractivity contribution in [2.75, 3.05) is 14.2 Å². The van der Waals surface area contributed by atoms with Gasteiger partial charge in [-0.3, -0.25) is 19.7 Å². The van der Waals surface area contributed by atoms with Crippen LogP contribution in [-0.2, 0) is 19.1 Å². The number of allylic oxidation sites excluding steroid dienone is 1. The number of carbonyl (C=O) groups excluding carboxylic acids is 2. The number of hydrogen-bond acceptors (Lipinski definition) is 6. The third-order valence-corrected chi connectivity index (χ3v) is 3.39. The van der Waals surface area contributed by atoms with Crippen LogP contribution in [0.15, 0.2) is 30.3 Å². The van der Waals surface area contributed by atoms with Gasteiger partial charge in [0.1, 0.15) is 0 Å². The number of non-ortho nitro benzene ring substituents is 1. The normalized spacial score (nSPS) is 12.0. The van der Waals surface area contributed by atoms with E-state index >= 15 is 0 Å². The van der Waals surface area contributed by atoms with Crippen LogP contribution in [0.5, 0.6) is 0 Å². The first-order chi connectivity index (χ1) is 11.6. The number of nitrogens with zero attached hydrogens (tertiary/aromatic N) is 1. The molecule has 0 unspecified atom stereocenters. The van der Waals surface area contributed by atoms with Gasteiger partial charge >= 0.3 is 18.1 Å². The minimum atomic E-state index is -5.24. The molecular weight excluding hydrogens is 347 g/mol. The van der Waals surface area contributed by atoms with Crippen LogP contribution < -0.4 is 0 Å². The third-order valence-electron chi connectivity index (χ3n) is 3.39. The van der Waals surface area contributed by atoms with E-state index in [-0.39, 0.29) is 5.69 Å². The molecule has 0 aliphatic carbocycles. The zero-order valence-corrected chi connectivity index (χ0v) is 13.2. The molecule has 0 heterocycles. The summed E-state index contributed by atoms with van der Waals surface area (Å²) < 4.78 is 48.5. The Morgan fingerprint density at radius 2 is 1.60 bits per heavy atom. The summed E-state index contributed by atoms with van der Waals surface area (Å²) in [5.41, 5.74) is -3.34. The highest BCUT2D eigenvalue weighted by atomic mass is 19.4. The van der Waals surface area contributed by atoms with Crippen LogP contribution in [0.3, 0.4) is 0 Å². The monoisotopic (exact) mass is 361 g/mol. The summed E-state index contributed by atoms with van der Waals surface area (Å²) >= 11 is 0. The highest BCUT2D eigenvalue weighted by Crippen LogP contribution is 2.44. The Bertz CT molecular complexity index is 666. The molecule has 0 N–H and O–H groups in total. The number of halogens is 3. The van der Waals surface area contributed by atoms with Crippen molar-refractivity contribution in [1.82, 2.24) is 0 Å². The van der Waals surface area contributed by atoms with Gasteiger partial charge in [0.15, 0.2) is 0 Å². The summed E-state index contributed by atoms with van der Waals surface area (Å²) in [6.45, 7) is 0. The number of hydrogen-bond donors (Lipinski definition) is 0. The minimum Gasteiger partial charge on any atom is -0.468 e. The number of alkyl halides is 3. The fraction of sp³-hybridized carbons (Fsp3) is 0.333. The Labute approximate surface area is 140 Å². The predicted octanol–water partition coefficient (Wildman–Crippen LogP) is 2.89. The minimum absolute atomic E-state index is 0.189. The van der Waals surface area contributed by atoms with Gasteiger partial charge in [-0.1, -0.05) is 12.2 Å². The lowest BCUT2D eigenvalue weighted by Gasteiger charge is -2.29. The van der Waals surface area contributed by atoms with Gasteiger partial charge in [0.05, 0.1) is 19.1 Å². The maximum absolute atomic E-state index is 13.4. The fourth-order valence-electron chi connectivity index (χ4n) is 2.02. The number of methoxy groups -OCH3 is 2. The molecule has 1 rings (SSSR count). The van der Waals surface area contributed by atoms with Crippen molar-refractivity contribution in [1.29, 1.82) is 0 Å². The third kappa shape index (κ3) is 4.14. The molecule has 25 heavy (non-hydrogen) atoms. The van der Waals surface area contributed by atoms with Gasteiger partial charge in [-0.25, -0.2) is 0 Å². The zero-order chi connectivity index (χ0) is 19.3. The van der Waals surface area contributed by atoms with Crippen molar-refractivity contribution in [3.63, 3.8) is 0 Å². The molecule has 1 aromatic carbocycles. The summed E-state index contributed by atoms with van der Waals surface area (Å²) in [5.74, 6) is -3.58. The summed E-state index contributed by atoms with van der Waals surface area (Å²) in [4.78, 5) is 33.3. The number of benzene rings is 1. The van der Waals surface area contributed by atoms with Crippen molar-refractivity contribution in [3.05, 3.63) is 46.0 Å². The second kappa shape index (κ2) is 7.77. The molecule has 0 aromatic heterocycles. The van der Waals surface area contributed by atoms with Crippen molar-refractivity contribution in [2.24, 2.45) is 5.41 Å². The smallest absolute Gasteiger partial charge is 0.415 e. The molecule has 136 valence electrons. The molecule has 0 aliphatic rings. The standard InChI is InChI=1S/C15H14F3NO6/c1-24-12(20)14(13(21)25-2,15(16,17)18)9-3-4-10-5-7-11(8-6-10)19(22)23/h3-8H,9H2,1-2H3/b4-3+. The molecule has 0 bridgehead atoms. The molecule has 0 aliphatic heterocycles. The average Bonchev–Trinajstić information content (AvgIpc) is 2.56. The Hall–Kier alpha value is -2.91. The number of esters is 2. The highest BCUT2D eigenvalue weighted by molar-refractivity contribution is 6.01. The zero-order valence-electron chi connectivity index (χ0n) is 13.2. The van der Waals surface area contributed by atoms with Gasteiger partial charge in [-0.05, 0) is 17.7 Å². The first-order valence-corrected chi connectivity index (χ1v) is 6.74. The van der Waals surface area contributed by atoms with Crippen LogP contribution in [0.2, 0.25) is 0 Å². The van der Waals surface area contributed by atoms with Crippen LogP contribution in [0, 0.1) is 15.5 Å². The van der Waals surface area contributed by atoms with E-state index in [0.29, 0.717) is 5.56 Å². The SMILES string of the molecule is COC(=O)C(C/C=C/c1ccc([N+](=O)[O-])cc1)(C(=O)OC)C(F)(F)F. The molecule has 10 heteroatoms. The molecule has 0 fully saturated rings. The van der Waals surface area contributed by atoms with Crippen molar-refractivity contribution in [2.45, 2.75) is 12.6 Å². The van der Waals surface area contributed by atoms with Gasteiger partial charge in [0.2, 0.25) is 0 Å². The second-order valence-electron chi connectivity index (χ2n) is 4.84. The van der Waals surface area contributed by atoms with E-state index in [2.05, 4.69) is 9.47 Å². The summed E-state index contributed by atoms with van der Waals surface area (Å²) in [7, 11) is 1.46. The molecular formula is C15H14F3NO6. The number of nitro groups is 1. The molecule has 0 atom stereocenters. The fourth-order valence-corrected chi connectivity index (χ4v) is 2.02. The Morgan fingerprint density at radius 3 is 1.96 bits per heavy atom. The summed E-state index contributed by atoms with van der Waals surface area (Å²) in [5, 5.41) is 10.5. The number of rotatable bonds is 6. The Morgan fingerprint density at radius 1 is 1.12 bits per heavy atom. The van der Waals surface area contributed by atoms with Gasteiger partial charge in [-0.15, -0.1) is 0 Å². The Kier molecular flexibility index (Phi) is 6.26. The number of nitro benzene ring substituents is 1. The Balaban J connectivity index is 3.15. The topological polar surface area (TPSA) is 95.7 Å². The summed E-state index contributed by atoms with van der Waals surface area (Å²) in [6, 6.07) is 4.94. The van der Waals surface area contributed by atoms with E-state index in [0.717, 1.165) is 32.4 Å². The lowest BCUT2D eigenvalue weighted by molar-refractivity contribution is -0.384. The van der Waals surface area contributed by atoms with E-state index < -0.39 is 34.9 Å². The van der Waals surface area contributed by atoms with Gasteiger partial charge < -0.3 is 9.47 Å². The van der Waals surface area contributed by atoms with Crippen molar-refractivity contribution >= 4 is 23.7 Å². The van der Waals surface area contributed by atoms with E-state index in [1.807, 2.05) is 0 Å². The van der Waals surface area contributed by atoms with Crippen LogP contribution in [0.25, 0.3) is 6.08 Å². The van der Waals surface area contributed by atoms with Gasteiger partial charge in [-0.2, -0.15) is 13.2 Å². The maximum atomic E-state index is 13.4. The molecule has 0 spiro atoms. The quantitative estimate of drug-likeness (QED) is 0.335. The molecule has 7 nitrogen and oxygen atoms in total. The molecule has 0 saturated carbocycles. The van der Waals surface area contributed by atoms with Crippen LogP contribution in [-0.4, -0.2) is 37.3 Å². The van der Waals surface area contributed by atoms with Crippen LogP contribution in [0.4, 0.5) is 18.9 Å². The average molecular weight is 361 g/mol. The van der Waals surface area contributed by atoms with Crippen LogP contribution >= 0.6 is 0 Å². The lowest BCUT2D eigenvalue weighted by atomic mass is 9.83. The maximum Gasteiger partial charge on any atom is 0.415 e.